The molecule has 5 heteroatoms. The van der Waals surface area contributed by atoms with Crippen molar-refractivity contribution in [3.05, 3.63) is 47.1 Å². The van der Waals surface area contributed by atoms with Crippen molar-refractivity contribution in [3.63, 3.8) is 0 Å². The van der Waals surface area contributed by atoms with E-state index in [0.717, 1.165) is 5.69 Å². The molecule has 0 bridgehead atoms. The van der Waals surface area contributed by atoms with Gasteiger partial charge in [-0.25, -0.2) is 4.98 Å². The van der Waals surface area contributed by atoms with Gasteiger partial charge in [-0.05, 0) is 24.3 Å². The zero-order valence-corrected chi connectivity index (χ0v) is 10.4. The molecule has 1 heterocycles. The Hall–Kier alpha value is -2.25. The molecule has 1 N–H and O–H groups in total. The van der Waals surface area contributed by atoms with Gasteiger partial charge in [0.15, 0.2) is 0 Å². The van der Waals surface area contributed by atoms with Crippen molar-refractivity contribution in [2.24, 2.45) is 0 Å². The summed E-state index contributed by atoms with van der Waals surface area (Å²) in [5.41, 5.74) is 1.23. The van der Waals surface area contributed by atoms with Crippen LogP contribution in [0.15, 0.2) is 36.5 Å². The second-order valence-electron chi connectivity index (χ2n) is 3.49. The van der Waals surface area contributed by atoms with Crippen molar-refractivity contribution < 1.29 is 4.74 Å². The average Bonchev–Trinajstić information content (AvgIpc) is 2.41. The van der Waals surface area contributed by atoms with E-state index in [4.69, 9.17) is 21.6 Å². The SMILES string of the molecule is COc1cc(Nc2ncccc2C#N)ccc1Cl. The van der Waals surface area contributed by atoms with E-state index < -0.39 is 0 Å². The first-order valence-corrected chi connectivity index (χ1v) is 5.58. The van der Waals surface area contributed by atoms with Gasteiger partial charge in [0, 0.05) is 18.0 Å². The summed E-state index contributed by atoms with van der Waals surface area (Å²) in [6.07, 6.45) is 1.62. The lowest BCUT2D eigenvalue weighted by atomic mass is 10.2. The van der Waals surface area contributed by atoms with Crippen LogP contribution in [0.4, 0.5) is 11.5 Å². The summed E-state index contributed by atoms with van der Waals surface area (Å²) < 4.78 is 5.12. The monoisotopic (exact) mass is 259 g/mol. The van der Waals surface area contributed by atoms with Gasteiger partial charge in [-0.2, -0.15) is 5.26 Å². The molecule has 0 aliphatic rings. The van der Waals surface area contributed by atoms with E-state index in [0.29, 0.717) is 22.2 Å². The van der Waals surface area contributed by atoms with E-state index in [1.807, 2.05) is 0 Å². The van der Waals surface area contributed by atoms with Crippen LogP contribution in [-0.2, 0) is 0 Å². The fourth-order valence-electron chi connectivity index (χ4n) is 1.47. The van der Waals surface area contributed by atoms with Gasteiger partial charge < -0.3 is 10.1 Å². The lowest BCUT2D eigenvalue weighted by Crippen LogP contribution is -1.97. The standard InChI is InChI=1S/C13H10ClN3O/c1-18-12-7-10(4-5-11(12)14)17-13-9(8-15)3-2-6-16-13/h2-7H,1H3,(H,16,17). The van der Waals surface area contributed by atoms with Crippen LogP contribution in [0.1, 0.15) is 5.56 Å². The number of anilines is 2. The average molecular weight is 260 g/mol. The molecule has 0 amide bonds. The van der Waals surface area contributed by atoms with Crippen molar-refractivity contribution in [2.45, 2.75) is 0 Å². The predicted octanol–water partition coefficient (Wildman–Crippen LogP) is 3.36. The van der Waals surface area contributed by atoms with E-state index in [1.54, 1.807) is 43.6 Å². The Morgan fingerprint density at radius 2 is 2.22 bits per heavy atom. The minimum Gasteiger partial charge on any atom is -0.495 e. The minimum absolute atomic E-state index is 0.478. The smallest absolute Gasteiger partial charge is 0.148 e. The molecule has 0 spiro atoms. The number of pyridine rings is 1. The summed E-state index contributed by atoms with van der Waals surface area (Å²) in [6, 6.07) is 10.7. The van der Waals surface area contributed by atoms with Crippen LogP contribution in [0.25, 0.3) is 0 Å². The zero-order valence-electron chi connectivity index (χ0n) is 9.64. The molecule has 1 aromatic heterocycles. The number of nitriles is 1. The molecule has 0 atom stereocenters. The van der Waals surface area contributed by atoms with Gasteiger partial charge in [-0.1, -0.05) is 11.6 Å². The molecule has 0 aliphatic heterocycles. The van der Waals surface area contributed by atoms with Crippen molar-refractivity contribution in [1.82, 2.24) is 4.98 Å². The Labute approximate surface area is 110 Å². The molecule has 0 unspecified atom stereocenters. The normalized spacial score (nSPS) is 9.61. The number of ether oxygens (including phenoxy) is 1. The second kappa shape index (κ2) is 5.39. The molecular weight excluding hydrogens is 250 g/mol. The van der Waals surface area contributed by atoms with Gasteiger partial charge in [0.2, 0.25) is 0 Å². The number of halogens is 1. The Bertz CT molecular complexity index is 607. The lowest BCUT2D eigenvalue weighted by Gasteiger charge is -2.09. The number of benzene rings is 1. The molecule has 1 aromatic carbocycles. The maximum Gasteiger partial charge on any atom is 0.148 e. The molecule has 4 nitrogen and oxygen atoms in total. The number of methoxy groups -OCH3 is 1. The van der Waals surface area contributed by atoms with E-state index in [1.165, 1.54) is 0 Å². The third-order valence-electron chi connectivity index (χ3n) is 2.34. The van der Waals surface area contributed by atoms with Crippen molar-refractivity contribution in [2.75, 3.05) is 12.4 Å². The Morgan fingerprint density at radius 1 is 1.39 bits per heavy atom. The molecule has 0 aliphatic carbocycles. The molecule has 0 radical (unpaired) electrons. The van der Waals surface area contributed by atoms with E-state index in [2.05, 4.69) is 16.4 Å². The van der Waals surface area contributed by atoms with Crippen LogP contribution >= 0.6 is 11.6 Å². The molecule has 2 rings (SSSR count). The quantitative estimate of drug-likeness (QED) is 0.918. The van der Waals surface area contributed by atoms with E-state index >= 15 is 0 Å². The molecule has 0 fully saturated rings. The van der Waals surface area contributed by atoms with Crippen molar-refractivity contribution in [3.8, 4) is 11.8 Å². The Balaban J connectivity index is 2.32. The topological polar surface area (TPSA) is 57.9 Å². The molecule has 0 saturated carbocycles. The maximum absolute atomic E-state index is 8.97. The second-order valence-corrected chi connectivity index (χ2v) is 3.89. The summed E-state index contributed by atoms with van der Waals surface area (Å²) in [4.78, 5) is 4.12. The largest absolute Gasteiger partial charge is 0.495 e. The van der Waals surface area contributed by atoms with Gasteiger partial charge in [0.1, 0.15) is 17.6 Å². The fraction of sp³-hybridized carbons (Fsp3) is 0.0769. The van der Waals surface area contributed by atoms with Crippen LogP contribution in [0.5, 0.6) is 5.75 Å². The number of hydrogen-bond acceptors (Lipinski definition) is 4. The third kappa shape index (κ3) is 2.53. The van der Waals surface area contributed by atoms with E-state index in [-0.39, 0.29) is 0 Å². The van der Waals surface area contributed by atoms with Crippen LogP contribution in [0.3, 0.4) is 0 Å². The zero-order chi connectivity index (χ0) is 13.0. The highest BCUT2D eigenvalue weighted by Crippen LogP contribution is 2.29. The number of aromatic nitrogens is 1. The first-order chi connectivity index (χ1) is 8.74. The van der Waals surface area contributed by atoms with Gasteiger partial charge in [0.25, 0.3) is 0 Å². The Kier molecular flexibility index (Phi) is 3.66. The van der Waals surface area contributed by atoms with Crippen LogP contribution < -0.4 is 10.1 Å². The molecule has 2 aromatic rings. The highest BCUT2D eigenvalue weighted by atomic mass is 35.5. The summed E-state index contributed by atoms with van der Waals surface area (Å²) in [7, 11) is 1.55. The first kappa shape index (κ1) is 12.2. The minimum atomic E-state index is 0.478. The van der Waals surface area contributed by atoms with Gasteiger partial charge in [-0.3, -0.25) is 0 Å². The summed E-state index contributed by atoms with van der Waals surface area (Å²) >= 11 is 5.94. The molecular formula is C13H10ClN3O. The van der Waals surface area contributed by atoms with Gasteiger partial charge in [-0.15, -0.1) is 0 Å². The third-order valence-corrected chi connectivity index (χ3v) is 2.65. The van der Waals surface area contributed by atoms with Crippen molar-refractivity contribution >= 4 is 23.1 Å². The predicted molar refractivity (Wildman–Crippen MR) is 70.2 cm³/mol. The number of nitrogens with one attached hydrogen (secondary N) is 1. The van der Waals surface area contributed by atoms with Crippen LogP contribution in [0, 0.1) is 11.3 Å². The number of rotatable bonds is 3. The van der Waals surface area contributed by atoms with Crippen LogP contribution in [-0.4, -0.2) is 12.1 Å². The first-order valence-electron chi connectivity index (χ1n) is 5.20. The van der Waals surface area contributed by atoms with Crippen LogP contribution in [0.2, 0.25) is 5.02 Å². The number of nitrogens with zero attached hydrogens (tertiary/aromatic N) is 2. The van der Waals surface area contributed by atoms with Gasteiger partial charge in [0.05, 0.1) is 17.7 Å². The summed E-state index contributed by atoms with van der Waals surface area (Å²) in [6.45, 7) is 0. The molecule has 0 saturated heterocycles. The van der Waals surface area contributed by atoms with Crippen molar-refractivity contribution in [1.29, 1.82) is 5.26 Å². The molecule has 90 valence electrons. The highest BCUT2D eigenvalue weighted by molar-refractivity contribution is 6.32. The Morgan fingerprint density at radius 3 is 2.94 bits per heavy atom. The molecule has 18 heavy (non-hydrogen) atoms. The summed E-state index contributed by atoms with van der Waals surface area (Å²) in [5, 5.41) is 12.6. The highest BCUT2D eigenvalue weighted by Gasteiger charge is 2.05. The summed E-state index contributed by atoms with van der Waals surface area (Å²) in [5.74, 6) is 1.07. The number of hydrogen-bond donors (Lipinski definition) is 1. The fourth-order valence-corrected chi connectivity index (χ4v) is 1.66. The maximum atomic E-state index is 8.97. The van der Waals surface area contributed by atoms with Gasteiger partial charge >= 0.3 is 0 Å². The lowest BCUT2D eigenvalue weighted by molar-refractivity contribution is 0.415. The van der Waals surface area contributed by atoms with E-state index in [9.17, 15) is 0 Å².